The van der Waals surface area contributed by atoms with Gasteiger partial charge in [-0.25, -0.2) is 21.2 Å². The number of thioether (sulfide) groups is 1. The van der Waals surface area contributed by atoms with Crippen molar-refractivity contribution >= 4 is 85.7 Å². The molecular weight excluding hydrogens is 967 g/mol. The number of hydrogen-bond acceptors (Lipinski definition) is 8. The van der Waals surface area contributed by atoms with Gasteiger partial charge in [-0.15, -0.1) is 11.8 Å². The van der Waals surface area contributed by atoms with Crippen molar-refractivity contribution in [1.29, 1.82) is 0 Å². The summed E-state index contributed by atoms with van der Waals surface area (Å²) in [7, 11) is -13.2. The fraction of sp³-hybridized carbons (Fsp3) is 0.176. The number of benzene rings is 4. The SMILES string of the molecule is CS.CSc1ccc(-[s+]2ccc3ccccc32)cc1C(F)(F)F.Fc1ccc(-[s+]2ccc3ccccc32)cc1C(F)(F)F.O=S(=O)([O-])C(F)(F)F.O=S(=O)([O-])C(F)(F)F.[Na+]. The molecule has 60 heavy (non-hydrogen) atoms. The molecule has 2 unspecified atom stereocenters. The maximum Gasteiger partial charge on any atom is 1.00 e. The number of rotatable bonds is 3. The maximum absolute atomic E-state index is 13.3. The molecule has 0 amide bonds. The van der Waals surface area contributed by atoms with Crippen LogP contribution >= 0.6 is 45.3 Å². The zero-order valence-electron chi connectivity index (χ0n) is 30.2. The first-order chi connectivity index (χ1) is 27.0. The van der Waals surface area contributed by atoms with E-state index in [1.165, 1.54) is 12.1 Å². The number of alkyl halides is 12. The molecule has 2 atom stereocenters. The molecule has 324 valence electrons. The number of hydrogen-bond donors (Lipinski definition) is 1. The first-order valence-electron chi connectivity index (χ1n) is 15.1. The first kappa shape index (κ1) is 55.4. The number of thiophene rings is 2. The van der Waals surface area contributed by atoms with Gasteiger partial charge in [0.05, 0.1) is 11.1 Å². The monoisotopic (exact) mass is 991 g/mol. The second-order valence-electron chi connectivity index (χ2n) is 10.7. The van der Waals surface area contributed by atoms with E-state index in [-0.39, 0.29) is 34.5 Å². The molecule has 6 rings (SSSR count). The van der Waals surface area contributed by atoms with Crippen molar-refractivity contribution in [2.45, 2.75) is 28.3 Å². The molecule has 0 radical (unpaired) electrons. The molecule has 0 aliphatic heterocycles. The van der Waals surface area contributed by atoms with Crippen molar-refractivity contribution in [3.8, 4) is 9.79 Å². The van der Waals surface area contributed by atoms with E-state index in [1.54, 1.807) is 24.6 Å². The normalized spacial score (nSPS) is 12.6. The zero-order valence-corrected chi connectivity index (χ0v) is 37.2. The fourth-order valence-electron chi connectivity index (χ4n) is 4.38. The van der Waals surface area contributed by atoms with Crippen molar-refractivity contribution in [1.82, 2.24) is 0 Å². The summed E-state index contributed by atoms with van der Waals surface area (Å²) in [5.74, 6) is -1.23. The van der Waals surface area contributed by atoms with Gasteiger partial charge in [-0.05, 0) is 55.0 Å². The van der Waals surface area contributed by atoms with E-state index < -0.39 is 81.5 Å². The quantitative estimate of drug-likeness (QED) is 0.0358. The van der Waals surface area contributed by atoms with Crippen LogP contribution in [0.25, 0.3) is 30.0 Å². The van der Waals surface area contributed by atoms with E-state index >= 15 is 0 Å². The van der Waals surface area contributed by atoms with Gasteiger partial charge < -0.3 is 9.11 Å². The Balaban J connectivity index is 0.000000428. The predicted molar refractivity (Wildman–Crippen MR) is 204 cm³/mol. The van der Waals surface area contributed by atoms with Crippen LogP contribution in [0.4, 0.5) is 57.1 Å². The standard InChI is InChI=1S/C16H12F3S2.C15H9F4S.2CHF3O3S.CH4S.Na/c1-20-14-7-6-12(10-13(14)16(17,18)19)21-9-8-11-4-2-3-5-15(11)21;16-13-6-5-11(9-12(13)15(17,18)19)20-8-7-10-3-1-2-4-14(10)20;2*2-1(3,4)8(5,6)7;1-2;/h2-10H,1H3;1-9H;2*(H,5,6,7);2H,1H3;/q2*+1;;;;+1/p-2. The van der Waals surface area contributed by atoms with Crippen LogP contribution in [0, 0.1) is 5.82 Å². The molecule has 6 aromatic rings. The van der Waals surface area contributed by atoms with Gasteiger partial charge >= 0.3 is 52.9 Å². The topological polar surface area (TPSA) is 114 Å². The van der Waals surface area contributed by atoms with Gasteiger partial charge in [-0.1, -0.05) is 24.3 Å². The van der Waals surface area contributed by atoms with E-state index in [2.05, 4.69) is 12.6 Å². The van der Waals surface area contributed by atoms with Crippen LogP contribution in [-0.2, 0) is 32.6 Å². The summed E-state index contributed by atoms with van der Waals surface area (Å²) in [6.07, 6.45) is -5.63. The molecule has 26 heteroatoms. The van der Waals surface area contributed by atoms with Gasteiger partial charge in [0.2, 0.25) is 0 Å². The Morgan fingerprint density at radius 3 is 1.22 bits per heavy atom. The zero-order chi connectivity index (χ0) is 45.4. The van der Waals surface area contributed by atoms with Gasteiger partial charge in [0, 0.05) is 66.9 Å². The molecule has 0 N–H and O–H groups in total. The van der Waals surface area contributed by atoms with Gasteiger partial charge in [0.15, 0.2) is 39.4 Å². The van der Waals surface area contributed by atoms with Crippen LogP contribution in [0.2, 0.25) is 0 Å². The van der Waals surface area contributed by atoms with Gasteiger partial charge in [-0.3, -0.25) is 0 Å². The van der Waals surface area contributed by atoms with Crippen LogP contribution in [-0.4, -0.2) is 49.5 Å². The fourth-order valence-corrected chi connectivity index (χ4v) is 8.81. The minimum Gasteiger partial charge on any atom is -0.741 e. The molecule has 0 saturated heterocycles. The summed E-state index contributed by atoms with van der Waals surface area (Å²) in [6, 6.07) is 27.1. The van der Waals surface area contributed by atoms with E-state index in [0.29, 0.717) is 9.79 Å². The Labute approximate surface area is 370 Å². The van der Waals surface area contributed by atoms with E-state index in [0.717, 1.165) is 44.1 Å². The number of fused-ring (bicyclic) bond motifs is 2. The number of thiol groups is 1. The molecule has 6 nitrogen and oxygen atoms in total. The molecule has 0 aliphatic carbocycles. The summed E-state index contributed by atoms with van der Waals surface area (Å²) in [6.45, 7) is 0. The Kier molecular flexibility index (Phi) is 20.5. The third kappa shape index (κ3) is 15.3. The average Bonchev–Trinajstić information content (AvgIpc) is 3.76. The van der Waals surface area contributed by atoms with Crippen LogP contribution in [0.3, 0.4) is 0 Å². The Bertz CT molecular complexity index is 2510. The molecule has 4 aromatic carbocycles. The smallest absolute Gasteiger partial charge is 0.741 e. The van der Waals surface area contributed by atoms with E-state index in [4.69, 9.17) is 25.9 Å². The van der Waals surface area contributed by atoms with E-state index in [1.807, 2.05) is 71.4 Å². The van der Waals surface area contributed by atoms with Gasteiger partial charge in [-0.2, -0.15) is 65.3 Å². The summed E-state index contributed by atoms with van der Waals surface area (Å²) < 4.78 is 211. The van der Waals surface area contributed by atoms with Crippen LogP contribution in [0.15, 0.2) is 113 Å². The van der Waals surface area contributed by atoms with Crippen molar-refractivity contribution < 1.29 is 113 Å². The molecule has 2 aromatic heterocycles. The second-order valence-corrected chi connectivity index (χ2v) is 18.0. The molecule has 0 aliphatic rings. The summed E-state index contributed by atoms with van der Waals surface area (Å²) in [5.41, 5.74) is -13.0. The number of halogens is 13. The van der Waals surface area contributed by atoms with Crippen LogP contribution in [0.5, 0.6) is 0 Å². The molecule has 0 fully saturated rings. The molecule has 2 heterocycles. The predicted octanol–water partition coefficient (Wildman–Crippen LogP) is 9.71. The largest absolute Gasteiger partial charge is 1.00 e. The first-order valence-corrected chi connectivity index (χ1v) is 22.6. The molecular formula is C34H25F13NaO6S6+. The van der Waals surface area contributed by atoms with Crippen LogP contribution < -0.4 is 29.6 Å². The minimum atomic E-state index is -6.09. The van der Waals surface area contributed by atoms with Crippen molar-refractivity contribution in [3.05, 3.63) is 125 Å². The Hall–Kier alpha value is -2.59. The van der Waals surface area contributed by atoms with Crippen LogP contribution in [0.1, 0.15) is 11.1 Å². The molecule has 0 spiro atoms. The van der Waals surface area contributed by atoms with Crippen molar-refractivity contribution in [3.63, 3.8) is 0 Å². The van der Waals surface area contributed by atoms with Gasteiger partial charge in [0.1, 0.15) is 16.6 Å². The second kappa shape index (κ2) is 22.2. The van der Waals surface area contributed by atoms with Crippen molar-refractivity contribution in [2.75, 3.05) is 12.5 Å². The third-order valence-electron chi connectivity index (χ3n) is 6.87. The Morgan fingerprint density at radius 1 is 0.550 bits per heavy atom. The summed E-state index contributed by atoms with van der Waals surface area (Å²) in [4.78, 5) is 1.45. The Morgan fingerprint density at radius 2 is 0.883 bits per heavy atom. The van der Waals surface area contributed by atoms with Crippen molar-refractivity contribution in [2.24, 2.45) is 0 Å². The summed E-state index contributed by atoms with van der Waals surface area (Å²) in [5, 5.41) is 5.92. The summed E-state index contributed by atoms with van der Waals surface area (Å²) >= 11 is 4.65. The molecule has 0 bridgehead atoms. The maximum atomic E-state index is 13.3. The molecule has 0 saturated carbocycles. The minimum absolute atomic E-state index is 0. The van der Waals surface area contributed by atoms with E-state index in [9.17, 15) is 57.1 Å². The third-order valence-corrected chi connectivity index (χ3v) is 12.8. The van der Waals surface area contributed by atoms with Gasteiger partial charge in [0.25, 0.3) is 0 Å². The average molecular weight is 992 g/mol.